The number of carbonyl (C=O) groups excluding carboxylic acids is 1. The summed E-state index contributed by atoms with van der Waals surface area (Å²) in [7, 11) is 0. The maximum absolute atomic E-state index is 13.4. The van der Waals surface area contributed by atoms with Crippen LogP contribution in [-0.4, -0.2) is 25.5 Å². The van der Waals surface area contributed by atoms with E-state index in [-0.39, 0.29) is 12.5 Å². The molecule has 0 aliphatic carbocycles. The van der Waals surface area contributed by atoms with Crippen molar-refractivity contribution in [1.29, 1.82) is 0 Å². The van der Waals surface area contributed by atoms with E-state index in [2.05, 4.69) is 10.6 Å². The summed E-state index contributed by atoms with van der Waals surface area (Å²) in [5, 5.41) is 5.20. The monoisotopic (exact) mass is 294 g/mol. The predicted octanol–water partition coefficient (Wildman–Crippen LogP) is 1.72. The van der Waals surface area contributed by atoms with Gasteiger partial charge in [-0.2, -0.15) is 0 Å². The van der Waals surface area contributed by atoms with Gasteiger partial charge in [0.2, 0.25) is 5.82 Å². The van der Waals surface area contributed by atoms with Crippen molar-refractivity contribution in [2.45, 2.75) is 6.42 Å². The van der Waals surface area contributed by atoms with Crippen LogP contribution in [0.3, 0.4) is 0 Å². The van der Waals surface area contributed by atoms with E-state index in [1.54, 1.807) is 0 Å². The van der Waals surface area contributed by atoms with Crippen molar-refractivity contribution in [3.05, 3.63) is 34.6 Å². The van der Waals surface area contributed by atoms with Crippen molar-refractivity contribution >= 4 is 5.91 Å². The number of hydrogen-bond donors (Lipinski definition) is 2. The first-order chi connectivity index (χ1) is 9.43. The normalized spacial score (nSPS) is 18.4. The highest BCUT2D eigenvalue weighted by Gasteiger charge is 2.30. The first-order valence-corrected chi connectivity index (χ1v) is 5.93. The molecule has 0 bridgehead atoms. The molecule has 110 valence electrons. The van der Waals surface area contributed by atoms with Gasteiger partial charge in [0.25, 0.3) is 5.91 Å². The van der Waals surface area contributed by atoms with E-state index < -0.39 is 40.6 Å². The fraction of sp³-hybridized carbons (Fsp3) is 0.417. The van der Waals surface area contributed by atoms with Gasteiger partial charge < -0.3 is 10.6 Å². The summed E-state index contributed by atoms with van der Waals surface area (Å²) in [6.45, 7) is 1.48. The van der Waals surface area contributed by atoms with Gasteiger partial charge in [0.1, 0.15) is 5.56 Å². The van der Waals surface area contributed by atoms with Crippen LogP contribution in [0.4, 0.5) is 22.0 Å². The predicted molar refractivity (Wildman–Crippen MR) is 59.5 cm³/mol. The Morgan fingerprint density at radius 3 is 2.10 bits per heavy atom. The fourth-order valence-corrected chi connectivity index (χ4v) is 2.02. The summed E-state index contributed by atoms with van der Waals surface area (Å²) in [4.78, 5) is 11.6. The minimum absolute atomic E-state index is 0.0696. The van der Waals surface area contributed by atoms with Crippen LogP contribution in [-0.2, 0) is 0 Å². The van der Waals surface area contributed by atoms with Crippen LogP contribution in [0.1, 0.15) is 16.8 Å². The number of carbonyl (C=O) groups is 1. The highest BCUT2D eigenvalue weighted by molar-refractivity contribution is 5.94. The third-order valence-electron chi connectivity index (χ3n) is 3.15. The molecule has 1 unspecified atom stereocenters. The zero-order valence-corrected chi connectivity index (χ0v) is 10.2. The van der Waals surface area contributed by atoms with E-state index in [1.165, 1.54) is 0 Å². The van der Waals surface area contributed by atoms with Gasteiger partial charge in [0.15, 0.2) is 23.3 Å². The van der Waals surface area contributed by atoms with Crippen LogP contribution in [0, 0.1) is 35.0 Å². The van der Waals surface area contributed by atoms with Gasteiger partial charge in [-0.3, -0.25) is 4.79 Å². The molecular weight excluding hydrogens is 283 g/mol. The molecule has 1 atom stereocenters. The molecule has 1 amide bonds. The van der Waals surface area contributed by atoms with Crippen molar-refractivity contribution in [3.63, 3.8) is 0 Å². The quantitative estimate of drug-likeness (QED) is 0.506. The molecular formula is C12H11F5N2O. The fourth-order valence-electron chi connectivity index (χ4n) is 2.02. The third kappa shape index (κ3) is 2.60. The second-order valence-electron chi connectivity index (χ2n) is 4.51. The molecule has 20 heavy (non-hydrogen) atoms. The van der Waals surface area contributed by atoms with Crippen molar-refractivity contribution in [2.24, 2.45) is 5.92 Å². The average Bonchev–Trinajstić information content (AvgIpc) is 2.94. The molecule has 1 aliphatic rings. The molecule has 2 N–H and O–H groups in total. The van der Waals surface area contributed by atoms with E-state index in [4.69, 9.17) is 0 Å². The number of halogens is 5. The Labute approximate surface area is 111 Å². The highest BCUT2D eigenvalue weighted by Crippen LogP contribution is 2.23. The van der Waals surface area contributed by atoms with Gasteiger partial charge in [-0.05, 0) is 25.4 Å². The van der Waals surface area contributed by atoms with Crippen LogP contribution >= 0.6 is 0 Å². The first kappa shape index (κ1) is 14.7. The molecule has 1 aliphatic heterocycles. The molecule has 3 nitrogen and oxygen atoms in total. The zero-order chi connectivity index (χ0) is 14.9. The molecule has 8 heteroatoms. The molecule has 1 saturated heterocycles. The lowest BCUT2D eigenvalue weighted by Gasteiger charge is -2.12. The number of benzene rings is 1. The van der Waals surface area contributed by atoms with Gasteiger partial charge in [0.05, 0.1) is 0 Å². The Balaban J connectivity index is 2.21. The minimum Gasteiger partial charge on any atom is -0.352 e. The second-order valence-corrected chi connectivity index (χ2v) is 4.51. The van der Waals surface area contributed by atoms with Crippen LogP contribution in [0.25, 0.3) is 0 Å². The molecule has 2 rings (SSSR count). The minimum atomic E-state index is -2.28. The van der Waals surface area contributed by atoms with Gasteiger partial charge in [-0.1, -0.05) is 0 Å². The molecule has 1 aromatic rings. The van der Waals surface area contributed by atoms with Crippen LogP contribution in [0.2, 0.25) is 0 Å². The van der Waals surface area contributed by atoms with Gasteiger partial charge in [-0.25, -0.2) is 22.0 Å². The van der Waals surface area contributed by atoms with E-state index >= 15 is 0 Å². The maximum Gasteiger partial charge on any atom is 0.257 e. The van der Waals surface area contributed by atoms with E-state index in [0.717, 1.165) is 13.0 Å². The molecule has 0 spiro atoms. The Kier molecular flexibility index (Phi) is 4.22. The Morgan fingerprint density at radius 2 is 1.60 bits per heavy atom. The highest BCUT2D eigenvalue weighted by atomic mass is 19.2. The smallest absolute Gasteiger partial charge is 0.257 e. The Bertz CT molecular complexity index is 514. The summed E-state index contributed by atoms with van der Waals surface area (Å²) in [5.41, 5.74) is -1.45. The SMILES string of the molecule is O=C(NCC1CCNC1)c1c(F)c(F)c(F)c(F)c1F. The number of nitrogens with one attached hydrogen (secondary N) is 2. The van der Waals surface area contributed by atoms with Crippen LogP contribution < -0.4 is 10.6 Å². The average molecular weight is 294 g/mol. The van der Waals surface area contributed by atoms with E-state index in [9.17, 15) is 26.7 Å². The first-order valence-electron chi connectivity index (χ1n) is 5.93. The van der Waals surface area contributed by atoms with Gasteiger partial charge in [-0.15, -0.1) is 0 Å². The Hall–Kier alpha value is -1.70. The summed E-state index contributed by atoms with van der Waals surface area (Å²) in [5.74, 6) is -12.0. The topological polar surface area (TPSA) is 41.1 Å². The number of amides is 1. The molecule has 0 saturated carbocycles. The van der Waals surface area contributed by atoms with Crippen LogP contribution in [0.15, 0.2) is 0 Å². The summed E-state index contributed by atoms with van der Waals surface area (Å²) < 4.78 is 65.5. The molecule has 0 radical (unpaired) electrons. The molecule has 1 fully saturated rings. The molecule has 0 aromatic heterocycles. The maximum atomic E-state index is 13.4. The van der Waals surface area contributed by atoms with Crippen molar-refractivity contribution in [1.82, 2.24) is 10.6 Å². The number of hydrogen-bond acceptors (Lipinski definition) is 2. The summed E-state index contributed by atoms with van der Waals surface area (Å²) >= 11 is 0. The standard InChI is InChI=1S/C12H11F5N2O/c13-7-6(8(14)10(16)11(17)9(7)15)12(20)19-4-5-1-2-18-3-5/h5,18H,1-4H2,(H,19,20). The summed E-state index contributed by atoms with van der Waals surface area (Å²) in [6.07, 6.45) is 0.761. The lowest BCUT2D eigenvalue weighted by Crippen LogP contribution is -2.32. The van der Waals surface area contributed by atoms with Gasteiger partial charge in [0, 0.05) is 6.54 Å². The van der Waals surface area contributed by atoms with Crippen molar-refractivity contribution in [3.8, 4) is 0 Å². The lowest BCUT2D eigenvalue weighted by molar-refractivity contribution is 0.0936. The number of rotatable bonds is 3. The van der Waals surface area contributed by atoms with Crippen molar-refractivity contribution in [2.75, 3.05) is 19.6 Å². The van der Waals surface area contributed by atoms with Crippen molar-refractivity contribution < 1.29 is 26.7 Å². The molecule has 1 heterocycles. The van der Waals surface area contributed by atoms with Crippen LogP contribution in [0.5, 0.6) is 0 Å². The Morgan fingerprint density at radius 1 is 1.05 bits per heavy atom. The second kappa shape index (κ2) is 5.74. The van der Waals surface area contributed by atoms with E-state index in [0.29, 0.717) is 6.54 Å². The zero-order valence-electron chi connectivity index (χ0n) is 10.2. The molecule has 1 aromatic carbocycles. The summed E-state index contributed by atoms with van der Waals surface area (Å²) in [6, 6.07) is 0. The third-order valence-corrected chi connectivity index (χ3v) is 3.15. The van der Waals surface area contributed by atoms with E-state index in [1.807, 2.05) is 0 Å². The van der Waals surface area contributed by atoms with Gasteiger partial charge >= 0.3 is 0 Å². The lowest BCUT2D eigenvalue weighted by atomic mass is 10.1. The largest absolute Gasteiger partial charge is 0.352 e.